The van der Waals surface area contributed by atoms with E-state index >= 15 is 0 Å². The summed E-state index contributed by atoms with van der Waals surface area (Å²) in [6.45, 7) is 6.19. The molecule has 1 saturated carbocycles. The van der Waals surface area contributed by atoms with Crippen molar-refractivity contribution < 1.29 is 14.1 Å². The summed E-state index contributed by atoms with van der Waals surface area (Å²) in [5.41, 5.74) is 3.18. The average Bonchev–Trinajstić information content (AvgIpc) is 3.63. The molecule has 0 bridgehead atoms. The number of piperidine rings is 1. The van der Waals surface area contributed by atoms with Gasteiger partial charge in [-0.25, -0.2) is 4.79 Å². The largest absolute Gasteiger partial charge is 0.612 e. The summed E-state index contributed by atoms with van der Waals surface area (Å²) in [6, 6.07) is 13.1. The first-order chi connectivity index (χ1) is 15.4. The van der Waals surface area contributed by atoms with E-state index in [0.29, 0.717) is 12.1 Å². The van der Waals surface area contributed by atoms with Gasteiger partial charge in [-0.1, -0.05) is 6.07 Å². The molecule has 32 heavy (non-hydrogen) atoms. The Hall–Kier alpha value is -2.09. The Morgan fingerprint density at radius 3 is 2.31 bits per heavy atom. The second kappa shape index (κ2) is 10.2. The Morgan fingerprint density at radius 1 is 1.12 bits per heavy atom. The van der Waals surface area contributed by atoms with Crippen molar-refractivity contribution in [2.24, 2.45) is 0 Å². The van der Waals surface area contributed by atoms with Crippen LogP contribution < -0.4 is 0 Å². The Bertz CT molecular complexity index is 890. The zero-order valence-electron chi connectivity index (χ0n) is 19.2. The number of benzene rings is 1. The van der Waals surface area contributed by atoms with E-state index in [2.05, 4.69) is 17.0 Å². The van der Waals surface area contributed by atoms with Crippen LogP contribution in [0.1, 0.15) is 45.1 Å². The van der Waals surface area contributed by atoms with E-state index in [1.54, 1.807) is 6.26 Å². The van der Waals surface area contributed by atoms with Crippen molar-refractivity contribution in [3.05, 3.63) is 48.2 Å². The maximum atomic E-state index is 12.2. The third kappa shape index (κ3) is 5.82. The minimum Gasteiger partial charge on any atom is -0.612 e. The van der Waals surface area contributed by atoms with Crippen LogP contribution in [0.5, 0.6) is 0 Å². The third-order valence-corrected chi connectivity index (χ3v) is 7.15. The van der Waals surface area contributed by atoms with Crippen LogP contribution in [-0.2, 0) is 22.5 Å². The zero-order chi connectivity index (χ0) is 22.7. The molecule has 1 aliphatic heterocycles. The summed E-state index contributed by atoms with van der Waals surface area (Å²) in [4.78, 5) is 22.2. The molecule has 1 saturated heterocycles. The van der Waals surface area contributed by atoms with Crippen molar-refractivity contribution in [2.45, 2.75) is 69.2 Å². The molecule has 1 aliphatic carbocycles. The Kier molecular flexibility index (Phi) is 7.38. The highest BCUT2D eigenvalue weighted by Crippen LogP contribution is 2.33. The first kappa shape index (κ1) is 23.1. The molecular weight excluding hydrogens is 422 g/mol. The van der Waals surface area contributed by atoms with E-state index < -0.39 is 11.2 Å². The van der Waals surface area contributed by atoms with Crippen molar-refractivity contribution in [3.8, 4) is 11.3 Å². The van der Waals surface area contributed by atoms with Gasteiger partial charge in [-0.3, -0.25) is 9.88 Å². The fraction of sp³-hybridized carbons (Fsp3) is 0.520. The number of carbonyl (C=O) groups excluding carboxylic acids is 1. The van der Waals surface area contributed by atoms with Crippen LogP contribution in [0, 0.1) is 0 Å². The third-order valence-electron chi connectivity index (χ3n) is 6.22. The standard InChI is InChI=1S/C25H33N3O3S/c1-18(2)31-25(29)27-14-12-22(13-15-27)28(21-7-8-21)17-19-4-11-24(26-16-19)20-5-9-23(10-6-20)32(3)30/h4-6,9-11,16,18,21-22H,7-8,12-15,17H2,1-3H3. The van der Waals surface area contributed by atoms with Gasteiger partial charge < -0.3 is 14.2 Å². The summed E-state index contributed by atoms with van der Waals surface area (Å²) in [7, 11) is 0. The number of hydrogen-bond donors (Lipinski definition) is 0. The van der Waals surface area contributed by atoms with E-state index in [-0.39, 0.29) is 12.2 Å². The van der Waals surface area contributed by atoms with Gasteiger partial charge in [-0.05, 0) is 86.6 Å². The van der Waals surface area contributed by atoms with Crippen molar-refractivity contribution in [1.82, 2.24) is 14.8 Å². The molecule has 1 amide bonds. The Labute approximate surface area is 194 Å². The van der Waals surface area contributed by atoms with E-state index in [1.165, 1.54) is 18.4 Å². The van der Waals surface area contributed by atoms with Crippen molar-refractivity contribution >= 4 is 17.3 Å². The van der Waals surface area contributed by atoms with Crippen LogP contribution in [0.4, 0.5) is 4.79 Å². The Balaban J connectivity index is 1.36. The molecule has 1 aromatic heterocycles. The van der Waals surface area contributed by atoms with E-state index in [9.17, 15) is 9.35 Å². The molecule has 2 aromatic rings. The number of nitrogens with zero attached hydrogens (tertiary/aromatic N) is 3. The maximum Gasteiger partial charge on any atom is 0.410 e. The summed E-state index contributed by atoms with van der Waals surface area (Å²) >= 11 is -0.968. The SMILES string of the molecule is CC(C)OC(=O)N1CCC(N(Cc2ccc(-c3ccc([S+](C)[O-])cc3)nc2)C2CC2)CC1. The molecule has 6 nitrogen and oxygen atoms in total. The van der Waals surface area contributed by atoms with Crippen LogP contribution in [0.3, 0.4) is 0 Å². The number of aromatic nitrogens is 1. The highest BCUT2D eigenvalue weighted by Gasteiger charge is 2.36. The molecule has 0 radical (unpaired) electrons. The van der Waals surface area contributed by atoms with Crippen molar-refractivity contribution in [1.29, 1.82) is 0 Å². The molecular formula is C25H33N3O3S. The molecule has 7 heteroatoms. The van der Waals surface area contributed by atoms with Gasteiger partial charge in [0.15, 0.2) is 4.90 Å². The van der Waals surface area contributed by atoms with Crippen LogP contribution in [-0.4, -0.2) is 63.0 Å². The summed E-state index contributed by atoms with van der Waals surface area (Å²) in [5, 5.41) is 0. The minimum atomic E-state index is -0.968. The number of likely N-dealkylation sites (tertiary alicyclic amines) is 1. The number of pyridine rings is 1. The lowest BCUT2D eigenvalue weighted by atomic mass is 10.0. The summed E-state index contributed by atoms with van der Waals surface area (Å²) < 4.78 is 16.9. The predicted molar refractivity (Wildman–Crippen MR) is 127 cm³/mol. The van der Waals surface area contributed by atoms with Gasteiger partial charge in [0.25, 0.3) is 0 Å². The fourth-order valence-corrected chi connectivity index (χ4v) is 4.86. The zero-order valence-corrected chi connectivity index (χ0v) is 20.0. The van der Waals surface area contributed by atoms with E-state index in [0.717, 1.165) is 48.6 Å². The van der Waals surface area contributed by atoms with Crippen LogP contribution >= 0.6 is 0 Å². The lowest BCUT2D eigenvalue weighted by Crippen LogP contribution is -2.47. The highest BCUT2D eigenvalue weighted by atomic mass is 32.2. The summed E-state index contributed by atoms with van der Waals surface area (Å²) in [5.74, 6) is 0. The van der Waals surface area contributed by atoms with Crippen LogP contribution in [0.15, 0.2) is 47.5 Å². The van der Waals surface area contributed by atoms with E-state index in [1.807, 2.05) is 49.2 Å². The lowest BCUT2D eigenvalue weighted by Gasteiger charge is -2.38. The number of ether oxygens (including phenoxy) is 1. The molecule has 4 rings (SSSR count). The van der Waals surface area contributed by atoms with Gasteiger partial charge in [-0.2, -0.15) is 0 Å². The predicted octanol–water partition coefficient (Wildman–Crippen LogP) is 4.46. The van der Waals surface area contributed by atoms with Crippen LogP contribution in [0.2, 0.25) is 0 Å². The number of carbonyl (C=O) groups is 1. The van der Waals surface area contributed by atoms with Gasteiger partial charge in [0.05, 0.1) is 11.8 Å². The normalized spacial score (nSPS) is 18.2. The van der Waals surface area contributed by atoms with Crippen molar-refractivity contribution in [3.63, 3.8) is 0 Å². The van der Waals surface area contributed by atoms with Gasteiger partial charge in [0.2, 0.25) is 0 Å². The molecule has 1 atom stereocenters. The lowest BCUT2D eigenvalue weighted by molar-refractivity contribution is 0.0518. The van der Waals surface area contributed by atoms with Gasteiger partial charge >= 0.3 is 6.09 Å². The van der Waals surface area contributed by atoms with Gasteiger partial charge in [0, 0.05) is 43.5 Å². The van der Waals surface area contributed by atoms with E-state index in [4.69, 9.17) is 9.72 Å². The summed E-state index contributed by atoms with van der Waals surface area (Å²) in [6.07, 6.45) is 7.89. The molecule has 0 spiro atoms. The topological polar surface area (TPSA) is 68.7 Å². The molecule has 172 valence electrons. The van der Waals surface area contributed by atoms with Gasteiger partial charge in [-0.15, -0.1) is 0 Å². The number of hydrogen-bond acceptors (Lipinski definition) is 5. The number of amides is 1. The second-order valence-corrected chi connectivity index (χ2v) is 10.5. The Morgan fingerprint density at radius 2 is 1.78 bits per heavy atom. The van der Waals surface area contributed by atoms with Crippen LogP contribution in [0.25, 0.3) is 11.3 Å². The quantitative estimate of drug-likeness (QED) is 0.577. The molecule has 1 aromatic carbocycles. The fourth-order valence-electron chi connectivity index (χ4n) is 4.34. The molecule has 1 unspecified atom stereocenters. The highest BCUT2D eigenvalue weighted by molar-refractivity contribution is 7.90. The molecule has 2 heterocycles. The number of rotatable bonds is 7. The second-order valence-electron chi connectivity index (χ2n) is 9.08. The molecule has 2 fully saturated rings. The monoisotopic (exact) mass is 455 g/mol. The molecule has 0 N–H and O–H groups in total. The first-order valence-corrected chi connectivity index (χ1v) is 13.1. The van der Waals surface area contributed by atoms with Crippen molar-refractivity contribution in [2.75, 3.05) is 19.3 Å². The average molecular weight is 456 g/mol. The smallest absolute Gasteiger partial charge is 0.410 e. The molecule has 2 aliphatic rings. The minimum absolute atomic E-state index is 0.0767. The first-order valence-electron chi connectivity index (χ1n) is 11.5. The van der Waals surface area contributed by atoms with Gasteiger partial charge in [0.1, 0.15) is 6.26 Å². The maximum absolute atomic E-state index is 12.2.